The maximum atomic E-state index is 11.2. The smallest absolute Gasteiger partial charge is 0.270 e. The Labute approximate surface area is 183 Å². The number of benzene rings is 2. The van der Waals surface area contributed by atoms with E-state index in [4.69, 9.17) is 4.74 Å². The molecule has 8 nitrogen and oxygen atoms in total. The molecule has 0 amide bonds. The van der Waals surface area contributed by atoms with E-state index >= 15 is 0 Å². The summed E-state index contributed by atoms with van der Waals surface area (Å²) in [4.78, 5) is 14.9. The van der Waals surface area contributed by atoms with E-state index in [0.29, 0.717) is 28.0 Å². The molecule has 9 heteroatoms. The molecule has 0 spiro atoms. The van der Waals surface area contributed by atoms with Crippen molar-refractivity contribution in [1.29, 1.82) is 0 Å². The summed E-state index contributed by atoms with van der Waals surface area (Å²) in [7, 11) is 1.55. The molecular formula is C22H19N5O3S. The quantitative estimate of drug-likeness (QED) is 0.234. The molecule has 0 aliphatic rings. The highest BCUT2D eigenvalue weighted by molar-refractivity contribution is 7.98. The molecule has 0 unspecified atom stereocenters. The molecule has 4 rings (SSSR count). The Kier molecular flexibility index (Phi) is 5.94. The second-order valence-corrected chi connectivity index (χ2v) is 7.65. The van der Waals surface area contributed by atoms with Crippen LogP contribution in [0.2, 0.25) is 0 Å². The van der Waals surface area contributed by atoms with Crippen molar-refractivity contribution in [3.8, 4) is 22.8 Å². The molecule has 0 aliphatic carbocycles. The summed E-state index contributed by atoms with van der Waals surface area (Å²) >= 11 is 1.44. The van der Waals surface area contributed by atoms with Gasteiger partial charge in [-0.15, -0.1) is 10.2 Å². The zero-order valence-electron chi connectivity index (χ0n) is 16.9. The van der Waals surface area contributed by atoms with E-state index in [1.807, 2.05) is 47.9 Å². The van der Waals surface area contributed by atoms with E-state index in [-0.39, 0.29) is 5.69 Å². The van der Waals surface area contributed by atoms with Crippen molar-refractivity contribution in [1.82, 2.24) is 19.7 Å². The Morgan fingerprint density at radius 2 is 1.87 bits per heavy atom. The summed E-state index contributed by atoms with van der Waals surface area (Å²) in [6, 6.07) is 16.3. The highest BCUT2D eigenvalue weighted by atomic mass is 32.2. The molecule has 0 N–H and O–H groups in total. The van der Waals surface area contributed by atoms with Crippen molar-refractivity contribution < 1.29 is 9.66 Å². The Bertz CT molecular complexity index is 1230. The normalized spacial score (nSPS) is 10.8. The van der Waals surface area contributed by atoms with Crippen LogP contribution in [-0.2, 0) is 5.75 Å². The zero-order chi connectivity index (χ0) is 21.8. The van der Waals surface area contributed by atoms with Crippen molar-refractivity contribution in [3.05, 3.63) is 88.2 Å². The lowest BCUT2D eigenvalue weighted by molar-refractivity contribution is -0.384. The molecule has 0 atom stereocenters. The molecule has 0 bridgehead atoms. The largest absolute Gasteiger partial charge is 0.496 e. The lowest BCUT2D eigenvalue weighted by Crippen LogP contribution is -2.02. The Hall–Kier alpha value is -3.72. The average molecular weight is 433 g/mol. The van der Waals surface area contributed by atoms with Crippen molar-refractivity contribution >= 4 is 17.4 Å². The van der Waals surface area contributed by atoms with Crippen molar-refractivity contribution in [2.45, 2.75) is 17.8 Å². The number of aryl methyl sites for hydroxylation is 1. The van der Waals surface area contributed by atoms with Gasteiger partial charge in [0.25, 0.3) is 5.69 Å². The summed E-state index contributed by atoms with van der Waals surface area (Å²) in [6.45, 7) is 2.03. The third kappa shape index (κ3) is 4.26. The molecule has 4 aromatic rings. The van der Waals surface area contributed by atoms with E-state index < -0.39 is 4.92 Å². The number of nitro groups is 1. The minimum Gasteiger partial charge on any atom is -0.496 e. The number of nitro benzene ring substituents is 1. The van der Waals surface area contributed by atoms with Gasteiger partial charge in [-0.05, 0) is 36.8 Å². The number of nitrogens with zero attached hydrogens (tertiary/aromatic N) is 5. The molecule has 0 saturated carbocycles. The average Bonchev–Trinajstić information content (AvgIpc) is 3.22. The fourth-order valence-electron chi connectivity index (χ4n) is 3.22. The lowest BCUT2D eigenvalue weighted by Gasteiger charge is -2.13. The van der Waals surface area contributed by atoms with Crippen LogP contribution in [0.1, 0.15) is 11.1 Å². The van der Waals surface area contributed by atoms with Crippen molar-refractivity contribution in [2.24, 2.45) is 0 Å². The topological polar surface area (TPSA) is 96.0 Å². The summed E-state index contributed by atoms with van der Waals surface area (Å²) in [6.07, 6.45) is 3.43. The number of thioether (sulfide) groups is 1. The Morgan fingerprint density at radius 1 is 1.10 bits per heavy atom. The van der Waals surface area contributed by atoms with E-state index in [1.165, 1.54) is 23.9 Å². The van der Waals surface area contributed by atoms with Gasteiger partial charge < -0.3 is 4.74 Å². The summed E-state index contributed by atoms with van der Waals surface area (Å²) in [5.74, 6) is 1.73. The summed E-state index contributed by atoms with van der Waals surface area (Å²) in [5, 5.41) is 20.7. The minimum absolute atomic E-state index is 0.0224. The number of hydrogen-bond acceptors (Lipinski definition) is 7. The maximum Gasteiger partial charge on any atom is 0.270 e. The lowest BCUT2D eigenvalue weighted by atomic mass is 10.2. The van der Waals surface area contributed by atoms with Crippen LogP contribution in [0, 0.1) is 17.0 Å². The van der Waals surface area contributed by atoms with Gasteiger partial charge in [0.1, 0.15) is 5.75 Å². The van der Waals surface area contributed by atoms with Crippen LogP contribution in [0.4, 0.5) is 5.69 Å². The van der Waals surface area contributed by atoms with Gasteiger partial charge in [-0.2, -0.15) is 0 Å². The van der Waals surface area contributed by atoms with Gasteiger partial charge in [0.05, 0.1) is 17.7 Å². The van der Waals surface area contributed by atoms with Crippen LogP contribution >= 0.6 is 11.8 Å². The third-order valence-corrected chi connectivity index (χ3v) is 5.74. The second-order valence-electron chi connectivity index (χ2n) is 6.71. The second kappa shape index (κ2) is 8.97. The van der Waals surface area contributed by atoms with Crippen molar-refractivity contribution in [2.75, 3.05) is 7.11 Å². The predicted octanol–water partition coefficient (Wildman–Crippen LogP) is 4.85. The standard InChI is InChI=1S/C22H19N5O3S/c1-15-5-3-4-6-19(15)26-21(16-9-11-23-12-10-16)24-25-22(26)31-14-17-13-18(27(28)29)7-8-20(17)30-2/h3-13H,14H2,1-2H3. The van der Waals surface area contributed by atoms with Gasteiger partial charge in [0, 0.05) is 41.4 Å². The van der Waals surface area contributed by atoms with Gasteiger partial charge in [0.15, 0.2) is 11.0 Å². The molecule has 0 radical (unpaired) electrons. The van der Waals surface area contributed by atoms with Gasteiger partial charge >= 0.3 is 0 Å². The van der Waals surface area contributed by atoms with Crippen LogP contribution < -0.4 is 4.74 Å². The van der Waals surface area contributed by atoms with E-state index in [0.717, 1.165) is 16.8 Å². The monoisotopic (exact) mass is 433 g/mol. The first-order valence-electron chi connectivity index (χ1n) is 9.44. The number of para-hydroxylation sites is 1. The first-order chi connectivity index (χ1) is 15.1. The molecule has 0 saturated heterocycles. The molecular weight excluding hydrogens is 414 g/mol. The number of pyridine rings is 1. The van der Waals surface area contributed by atoms with E-state index in [2.05, 4.69) is 15.2 Å². The molecule has 2 aromatic carbocycles. The SMILES string of the molecule is COc1ccc([N+](=O)[O-])cc1CSc1nnc(-c2ccncc2)n1-c1ccccc1C. The molecule has 2 aromatic heterocycles. The molecule has 2 heterocycles. The maximum absolute atomic E-state index is 11.2. The van der Waals surface area contributed by atoms with Crippen LogP contribution in [0.25, 0.3) is 17.1 Å². The van der Waals surface area contributed by atoms with Crippen LogP contribution in [0.3, 0.4) is 0 Å². The number of methoxy groups -OCH3 is 1. The first kappa shape index (κ1) is 20.5. The van der Waals surface area contributed by atoms with Gasteiger partial charge in [-0.3, -0.25) is 19.7 Å². The summed E-state index contributed by atoms with van der Waals surface area (Å²) < 4.78 is 7.39. The first-order valence-corrected chi connectivity index (χ1v) is 10.4. The molecule has 0 fully saturated rings. The highest BCUT2D eigenvalue weighted by Gasteiger charge is 2.19. The summed E-state index contributed by atoms with van der Waals surface area (Å²) in [5.41, 5.74) is 3.67. The van der Waals surface area contributed by atoms with Gasteiger partial charge in [0.2, 0.25) is 0 Å². The van der Waals surface area contributed by atoms with Gasteiger partial charge in [-0.1, -0.05) is 30.0 Å². The fourth-order valence-corrected chi connectivity index (χ4v) is 4.14. The number of ether oxygens (including phenoxy) is 1. The van der Waals surface area contributed by atoms with E-state index in [1.54, 1.807) is 25.6 Å². The highest BCUT2D eigenvalue weighted by Crippen LogP contribution is 2.34. The van der Waals surface area contributed by atoms with Crippen LogP contribution in [-0.4, -0.2) is 31.8 Å². The molecule has 0 aliphatic heterocycles. The third-order valence-electron chi connectivity index (χ3n) is 4.76. The Balaban J connectivity index is 1.75. The van der Waals surface area contributed by atoms with Crippen molar-refractivity contribution in [3.63, 3.8) is 0 Å². The zero-order valence-corrected chi connectivity index (χ0v) is 17.7. The van der Waals surface area contributed by atoms with Gasteiger partial charge in [-0.25, -0.2) is 0 Å². The number of hydrogen-bond donors (Lipinski definition) is 0. The minimum atomic E-state index is -0.412. The van der Waals surface area contributed by atoms with E-state index in [9.17, 15) is 10.1 Å². The molecule has 31 heavy (non-hydrogen) atoms. The number of aromatic nitrogens is 4. The number of rotatable bonds is 7. The van der Waals surface area contributed by atoms with Crippen LogP contribution in [0.5, 0.6) is 5.75 Å². The number of non-ortho nitro benzene ring substituents is 1. The Morgan fingerprint density at radius 3 is 2.58 bits per heavy atom. The molecule has 156 valence electrons. The fraction of sp³-hybridized carbons (Fsp3) is 0.136. The predicted molar refractivity (Wildman–Crippen MR) is 119 cm³/mol. The van der Waals surface area contributed by atoms with Crippen LogP contribution in [0.15, 0.2) is 72.1 Å².